The van der Waals surface area contributed by atoms with Crippen LogP contribution in [0.5, 0.6) is 0 Å². The molecule has 0 unspecified atom stereocenters. The van der Waals surface area contributed by atoms with Crippen molar-refractivity contribution in [1.82, 2.24) is 19.8 Å². The zero-order valence-corrected chi connectivity index (χ0v) is 17.3. The Hall–Kier alpha value is -3.18. The highest BCUT2D eigenvalue weighted by Gasteiger charge is 2.19. The molecule has 0 N–H and O–H groups in total. The molecule has 0 bridgehead atoms. The van der Waals surface area contributed by atoms with Gasteiger partial charge in [-0.3, -0.25) is 4.90 Å². The zero-order chi connectivity index (χ0) is 20.4. The van der Waals surface area contributed by atoms with Gasteiger partial charge in [0.05, 0.1) is 17.4 Å². The fourth-order valence-corrected chi connectivity index (χ4v) is 3.46. The maximum atomic E-state index is 5.02. The van der Waals surface area contributed by atoms with Crippen LogP contribution in [0.4, 0.5) is 0 Å². The van der Waals surface area contributed by atoms with Crippen LogP contribution in [0.15, 0.2) is 71.6 Å². The van der Waals surface area contributed by atoms with E-state index in [0.717, 1.165) is 29.2 Å². The van der Waals surface area contributed by atoms with E-state index in [1.54, 1.807) is 6.26 Å². The van der Waals surface area contributed by atoms with Crippen molar-refractivity contribution in [3.05, 3.63) is 89.4 Å². The molecule has 1 atom stereocenters. The lowest BCUT2D eigenvalue weighted by molar-refractivity contribution is 0.241. The lowest BCUT2D eigenvalue weighted by atomic mass is 10.0. The first-order valence-corrected chi connectivity index (χ1v) is 9.84. The van der Waals surface area contributed by atoms with Crippen LogP contribution in [-0.4, -0.2) is 26.9 Å². The van der Waals surface area contributed by atoms with Gasteiger partial charge in [-0.05, 0) is 46.0 Å². The molecular weight excluding hydrogens is 360 g/mol. The number of rotatable bonds is 6. The summed E-state index contributed by atoms with van der Waals surface area (Å²) < 4.78 is 6.99. The van der Waals surface area contributed by atoms with Gasteiger partial charge >= 0.3 is 0 Å². The molecule has 0 fully saturated rings. The van der Waals surface area contributed by atoms with Crippen LogP contribution in [0.2, 0.25) is 0 Å². The van der Waals surface area contributed by atoms with E-state index in [9.17, 15) is 0 Å². The molecule has 0 aliphatic carbocycles. The highest BCUT2D eigenvalue weighted by Crippen LogP contribution is 2.28. The molecule has 0 saturated carbocycles. The summed E-state index contributed by atoms with van der Waals surface area (Å²) in [5.41, 5.74) is 7.76. The van der Waals surface area contributed by atoms with Crippen molar-refractivity contribution in [2.24, 2.45) is 0 Å². The molecule has 2 aromatic carbocycles. The van der Waals surface area contributed by atoms with Gasteiger partial charge in [-0.1, -0.05) is 46.6 Å². The number of aromatic nitrogens is 3. The Labute approximate surface area is 171 Å². The molecule has 4 rings (SSSR count). The number of nitrogens with zero attached hydrogens (tertiary/aromatic N) is 4. The van der Waals surface area contributed by atoms with Crippen molar-refractivity contribution in [1.29, 1.82) is 0 Å². The average molecular weight is 386 g/mol. The van der Waals surface area contributed by atoms with Crippen molar-refractivity contribution < 1.29 is 4.52 Å². The molecule has 0 saturated heterocycles. The molecule has 29 heavy (non-hydrogen) atoms. The minimum Gasteiger partial charge on any atom is -0.364 e. The monoisotopic (exact) mass is 386 g/mol. The van der Waals surface area contributed by atoms with Gasteiger partial charge in [0, 0.05) is 29.9 Å². The fourth-order valence-electron chi connectivity index (χ4n) is 3.46. The zero-order valence-electron chi connectivity index (χ0n) is 17.3. The second-order valence-electron chi connectivity index (χ2n) is 7.67. The van der Waals surface area contributed by atoms with Crippen molar-refractivity contribution in [2.75, 3.05) is 7.05 Å². The van der Waals surface area contributed by atoms with E-state index >= 15 is 0 Å². The molecule has 5 heteroatoms. The van der Waals surface area contributed by atoms with Crippen molar-refractivity contribution in [2.45, 2.75) is 33.4 Å². The first kappa shape index (κ1) is 19.2. The van der Waals surface area contributed by atoms with Crippen molar-refractivity contribution >= 4 is 0 Å². The molecule has 2 heterocycles. The minimum absolute atomic E-state index is 0.141. The Kier molecular flexibility index (Phi) is 5.32. The minimum atomic E-state index is 0.141. The molecule has 0 radical (unpaired) electrons. The second kappa shape index (κ2) is 8.05. The third-order valence-electron chi connectivity index (χ3n) is 5.35. The second-order valence-corrected chi connectivity index (χ2v) is 7.67. The molecule has 4 aromatic rings. The van der Waals surface area contributed by atoms with Gasteiger partial charge in [-0.15, -0.1) is 0 Å². The third-order valence-corrected chi connectivity index (χ3v) is 5.35. The SMILES string of the molecule is Cc1ccc(-n2cc(CN(C)[C@@H](C)c3ccon3)c(-c3cccc(C)c3)n2)cc1. The summed E-state index contributed by atoms with van der Waals surface area (Å²) in [6, 6.07) is 19.0. The Morgan fingerprint density at radius 3 is 2.52 bits per heavy atom. The van der Waals surface area contributed by atoms with Crippen LogP contribution in [-0.2, 0) is 6.54 Å². The van der Waals surface area contributed by atoms with E-state index in [0.29, 0.717) is 0 Å². The van der Waals surface area contributed by atoms with E-state index in [4.69, 9.17) is 9.62 Å². The van der Waals surface area contributed by atoms with Gasteiger partial charge < -0.3 is 4.52 Å². The van der Waals surface area contributed by atoms with Gasteiger partial charge in [0.25, 0.3) is 0 Å². The maximum absolute atomic E-state index is 5.02. The standard InChI is InChI=1S/C24H26N4O/c1-17-8-10-22(11-9-17)28-16-21(15-27(4)19(3)23-12-13-29-26-23)24(25-28)20-7-5-6-18(2)14-20/h5-14,16,19H,15H2,1-4H3/t19-/m0/s1. The molecule has 5 nitrogen and oxygen atoms in total. The van der Waals surface area contributed by atoms with Gasteiger partial charge in [-0.25, -0.2) is 4.68 Å². The average Bonchev–Trinajstić information content (AvgIpc) is 3.38. The van der Waals surface area contributed by atoms with E-state index in [2.05, 4.69) is 92.6 Å². The first-order chi connectivity index (χ1) is 14.0. The van der Waals surface area contributed by atoms with Crippen LogP contribution in [0.3, 0.4) is 0 Å². The maximum Gasteiger partial charge on any atom is 0.124 e. The molecule has 0 aliphatic heterocycles. The van der Waals surface area contributed by atoms with Crippen LogP contribution in [0, 0.1) is 13.8 Å². The predicted molar refractivity (Wildman–Crippen MR) is 115 cm³/mol. The van der Waals surface area contributed by atoms with Crippen LogP contribution >= 0.6 is 0 Å². The van der Waals surface area contributed by atoms with Crippen LogP contribution in [0.1, 0.15) is 35.3 Å². The number of benzene rings is 2. The van der Waals surface area contributed by atoms with E-state index in [-0.39, 0.29) is 6.04 Å². The van der Waals surface area contributed by atoms with Gasteiger partial charge in [-0.2, -0.15) is 5.10 Å². The number of aryl methyl sites for hydroxylation is 2. The predicted octanol–water partition coefficient (Wildman–Crippen LogP) is 5.34. The number of hydrogen-bond acceptors (Lipinski definition) is 4. The summed E-state index contributed by atoms with van der Waals surface area (Å²) in [6.45, 7) is 7.09. The van der Waals surface area contributed by atoms with E-state index < -0.39 is 0 Å². The summed E-state index contributed by atoms with van der Waals surface area (Å²) in [4.78, 5) is 2.26. The topological polar surface area (TPSA) is 47.1 Å². The molecule has 0 amide bonds. The molecular formula is C24H26N4O. The highest BCUT2D eigenvalue weighted by molar-refractivity contribution is 5.64. The summed E-state index contributed by atoms with van der Waals surface area (Å²) >= 11 is 0. The Bertz CT molecular complexity index is 1080. The first-order valence-electron chi connectivity index (χ1n) is 9.84. The molecule has 148 valence electrons. The normalized spacial score (nSPS) is 12.4. The Morgan fingerprint density at radius 1 is 1.03 bits per heavy atom. The summed E-state index contributed by atoms with van der Waals surface area (Å²) in [7, 11) is 2.10. The van der Waals surface area contributed by atoms with Crippen molar-refractivity contribution in [3.8, 4) is 16.9 Å². The molecule has 0 spiro atoms. The highest BCUT2D eigenvalue weighted by atomic mass is 16.5. The summed E-state index contributed by atoms with van der Waals surface area (Å²) in [6.07, 6.45) is 3.75. The van der Waals surface area contributed by atoms with Gasteiger partial charge in [0.2, 0.25) is 0 Å². The Morgan fingerprint density at radius 2 is 1.83 bits per heavy atom. The quantitative estimate of drug-likeness (QED) is 0.449. The van der Waals surface area contributed by atoms with Crippen LogP contribution < -0.4 is 0 Å². The largest absolute Gasteiger partial charge is 0.364 e. The number of hydrogen-bond donors (Lipinski definition) is 0. The van der Waals surface area contributed by atoms with Crippen molar-refractivity contribution in [3.63, 3.8) is 0 Å². The van der Waals surface area contributed by atoms with Crippen LogP contribution in [0.25, 0.3) is 16.9 Å². The van der Waals surface area contributed by atoms with E-state index in [1.165, 1.54) is 16.7 Å². The Balaban J connectivity index is 1.71. The van der Waals surface area contributed by atoms with Gasteiger partial charge in [0.1, 0.15) is 12.0 Å². The smallest absolute Gasteiger partial charge is 0.124 e. The fraction of sp³-hybridized carbons (Fsp3) is 0.250. The molecule has 2 aromatic heterocycles. The lowest BCUT2D eigenvalue weighted by Crippen LogP contribution is -2.22. The van der Waals surface area contributed by atoms with E-state index in [1.807, 2.05) is 10.7 Å². The lowest BCUT2D eigenvalue weighted by Gasteiger charge is -2.22. The summed E-state index contributed by atoms with van der Waals surface area (Å²) in [5, 5.41) is 9.05. The summed E-state index contributed by atoms with van der Waals surface area (Å²) in [5.74, 6) is 0. The van der Waals surface area contributed by atoms with Gasteiger partial charge in [0.15, 0.2) is 0 Å². The molecule has 0 aliphatic rings. The third kappa shape index (κ3) is 4.15.